The Labute approximate surface area is 344 Å². The summed E-state index contributed by atoms with van der Waals surface area (Å²) in [6.45, 7) is 0. The molecule has 0 spiro atoms. The third-order valence-electron chi connectivity index (χ3n) is 11.4. The van der Waals surface area contributed by atoms with Gasteiger partial charge in [0.05, 0.1) is 22.1 Å². The van der Waals surface area contributed by atoms with Gasteiger partial charge in [0.25, 0.3) is 0 Å². The minimum Gasteiger partial charge on any atom is -0.291 e. The predicted molar refractivity (Wildman–Crippen MR) is 243 cm³/mol. The fourth-order valence-corrected chi connectivity index (χ4v) is 8.71. The van der Waals surface area contributed by atoms with Gasteiger partial charge in [-0.05, 0) is 64.2 Å². The van der Waals surface area contributed by atoms with E-state index in [0.717, 1.165) is 93.8 Å². The molecule has 4 aromatic heterocycles. The van der Waals surface area contributed by atoms with Gasteiger partial charge < -0.3 is 0 Å². The van der Waals surface area contributed by atoms with Gasteiger partial charge in [-0.2, -0.15) is 9.97 Å². The molecule has 12 rings (SSSR count). The second-order valence-corrected chi connectivity index (χ2v) is 14.9. The van der Waals surface area contributed by atoms with Crippen LogP contribution in [0.3, 0.4) is 0 Å². The van der Waals surface area contributed by atoms with Gasteiger partial charge in [0.2, 0.25) is 5.95 Å². The second kappa shape index (κ2) is 13.7. The molecule has 0 saturated heterocycles. The zero-order valence-corrected chi connectivity index (χ0v) is 32.2. The topological polar surface area (TPSA) is 74.3 Å². The number of imidazole rings is 1. The first-order chi connectivity index (χ1) is 29.8. The Balaban J connectivity index is 1.11. The summed E-state index contributed by atoms with van der Waals surface area (Å²) in [6.07, 6.45) is 1.99. The summed E-state index contributed by atoms with van der Waals surface area (Å²) >= 11 is 0. The molecule has 0 aliphatic heterocycles. The van der Waals surface area contributed by atoms with Gasteiger partial charge in [0.15, 0.2) is 17.5 Å². The van der Waals surface area contributed by atoms with Crippen molar-refractivity contribution >= 4 is 54.4 Å². The number of rotatable bonds is 6. The summed E-state index contributed by atoms with van der Waals surface area (Å²) in [7, 11) is 0. The van der Waals surface area contributed by atoms with E-state index in [-0.39, 0.29) is 0 Å². The highest BCUT2D eigenvalue weighted by Gasteiger charge is 2.23. The van der Waals surface area contributed by atoms with Gasteiger partial charge >= 0.3 is 0 Å². The van der Waals surface area contributed by atoms with Crippen LogP contribution < -0.4 is 0 Å². The molecule has 0 amide bonds. The summed E-state index contributed by atoms with van der Waals surface area (Å²) in [5.41, 5.74) is 9.79. The van der Waals surface area contributed by atoms with Crippen LogP contribution in [0.25, 0.3) is 111 Å². The summed E-state index contributed by atoms with van der Waals surface area (Å²) in [6, 6.07) is 67.1. The Morgan fingerprint density at radius 3 is 1.75 bits per heavy atom. The summed E-state index contributed by atoms with van der Waals surface area (Å²) in [4.78, 5) is 25.7. The maximum Gasteiger partial charge on any atom is 0.238 e. The number of pyridine rings is 1. The van der Waals surface area contributed by atoms with E-state index < -0.39 is 0 Å². The van der Waals surface area contributed by atoms with Gasteiger partial charge in [-0.1, -0.05) is 152 Å². The Morgan fingerprint density at radius 2 is 1.03 bits per heavy atom. The van der Waals surface area contributed by atoms with Crippen molar-refractivity contribution < 1.29 is 0 Å². The summed E-state index contributed by atoms with van der Waals surface area (Å²) in [5.74, 6) is 2.58. The lowest BCUT2D eigenvalue weighted by Crippen LogP contribution is -2.06. The number of hydrogen-bond donors (Lipinski definition) is 0. The first kappa shape index (κ1) is 33.8. The van der Waals surface area contributed by atoms with Crippen molar-refractivity contribution in [3.63, 3.8) is 0 Å². The van der Waals surface area contributed by atoms with Crippen LogP contribution in [0.1, 0.15) is 0 Å². The average Bonchev–Trinajstić information content (AvgIpc) is 3.89. The van der Waals surface area contributed by atoms with Crippen LogP contribution in [-0.2, 0) is 0 Å². The fraction of sp³-hybridized carbons (Fsp3) is 0. The van der Waals surface area contributed by atoms with Gasteiger partial charge in [0, 0.05) is 44.7 Å². The Morgan fingerprint density at radius 1 is 0.400 bits per heavy atom. The van der Waals surface area contributed by atoms with Crippen molar-refractivity contribution in [2.24, 2.45) is 0 Å². The number of hydrogen-bond acceptors (Lipinski definition) is 5. The van der Waals surface area contributed by atoms with Crippen LogP contribution in [0.2, 0.25) is 0 Å². The van der Waals surface area contributed by atoms with Gasteiger partial charge in [-0.15, -0.1) is 0 Å². The molecule has 0 radical (unpaired) electrons. The summed E-state index contributed by atoms with van der Waals surface area (Å²) in [5, 5.41) is 6.76. The number of nitrogens with zero attached hydrogens (tertiary/aromatic N) is 7. The van der Waals surface area contributed by atoms with Crippen molar-refractivity contribution in [3.05, 3.63) is 200 Å². The van der Waals surface area contributed by atoms with E-state index in [9.17, 15) is 0 Å². The van der Waals surface area contributed by atoms with Crippen LogP contribution in [-0.4, -0.2) is 34.1 Å². The SMILES string of the molecule is c1ccc(-c2nc(-c3ccccc3)nc(-n3c4ccc5ccccc5c4c4cc(-c5ccc(-c6nc7ccccc7n6-c6ccccc6)nc5)c5ccccc5c43)n2)cc1. The van der Waals surface area contributed by atoms with Gasteiger partial charge in [-0.25, -0.2) is 9.97 Å². The molecule has 0 bridgehead atoms. The van der Waals surface area contributed by atoms with E-state index in [4.69, 9.17) is 24.9 Å². The maximum atomic E-state index is 5.25. The number of fused-ring (bicyclic) bond motifs is 8. The monoisotopic (exact) mass is 767 g/mol. The van der Waals surface area contributed by atoms with E-state index in [1.807, 2.05) is 79.0 Å². The lowest BCUT2D eigenvalue weighted by atomic mass is 9.95. The zero-order valence-electron chi connectivity index (χ0n) is 32.2. The Hall–Kier alpha value is -8.29. The number of para-hydroxylation sites is 3. The second-order valence-electron chi connectivity index (χ2n) is 14.9. The minimum atomic E-state index is 0.559. The largest absolute Gasteiger partial charge is 0.291 e. The molecule has 0 unspecified atom stereocenters. The molecule has 7 heteroatoms. The van der Waals surface area contributed by atoms with Gasteiger partial charge in [-0.3, -0.25) is 14.1 Å². The molecule has 60 heavy (non-hydrogen) atoms. The molecular weight excluding hydrogens is 735 g/mol. The molecule has 0 fully saturated rings. The van der Waals surface area contributed by atoms with Crippen molar-refractivity contribution in [1.82, 2.24) is 34.1 Å². The van der Waals surface area contributed by atoms with Crippen LogP contribution >= 0.6 is 0 Å². The van der Waals surface area contributed by atoms with E-state index in [0.29, 0.717) is 17.6 Å². The molecule has 0 saturated carbocycles. The highest BCUT2D eigenvalue weighted by atomic mass is 15.2. The van der Waals surface area contributed by atoms with Crippen molar-refractivity contribution in [2.45, 2.75) is 0 Å². The van der Waals surface area contributed by atoms with Crippen LogP contribution in [0.4, 0.5) is 0 Å². The van der Waals surface area contributed by atoms with Crippen molar-refractivity contribution in [2.75, 3.05) is 0 Å². The van der Waals surface area contributed by atoms with Crippen molar-refractivity contribution in [1.29, 1.82) is 0 Å². The first-order valence-corrected chi connectivity index (χ1v) is 20.0. The normalized spacial score (nSPS) is 11.7. The lowest BCUT2D eigenvalue weighted by molar-refractivity contribution is 0.955. The van der Waals surface area contributed by atoms with Crippen LogP contribution in [0, 0.1) is 0 Å². The zero-order chi connectivity index (χ0) is 39.6. The molecule has 0 aliphatic carbocycles. The molecule has 12 aromatic rings. The quantitative estimate of drug-likeness (QED) is 0.168. The first-order valence-electron chi connectivity index (χ1n) is 20.0. The standard InChI is InChI=1S/C53H33N7/c1-4-17-35(18-5-1)50-56-51(36-19-6-2-7-20-36)58-53(57-50)60-47-31-29-34-16-10-11-23-39(34)48(47)43-32-42(40-24-12-13-25-41(40)49(43)60)37-28-30-45(54-33-37)52-55-44-26-14-15-27-46(44)59(52)38-21-8-3-9-22-38/h1-33H. The maximum absolute atomic E-state index is 5.25. The van der Waals surface area contributed by atoms with E-state index in [2.05, 4.69) is 130 Å². The number of benzene rings is 8. The van der Waals surface area contributed by atoms with Crippen LogP contribution in [0.5, 0.6) is 0 Å². The Bertz CT molecular complexity index is 3520. The van der Waals surface area contributed by atoms with Crippen molar-refractivity contribution in [3.8, 4) is 57.1 Å². The van der Waals surface area contributed by atoms with Crippen LogP contribution in [0.15, 0.2) is 200 Å². The molecule has 8 aromatic carbocycles. The van der Waals surface area contributed by atoms with E-state index in [1.54, 1.807) is 0 Å². The molecule has 4 heterocycles. The molecule has 7 nitrogen and oxygen atoms in total. The molecule has 0 atom stereocenters. The third kappa shape index (κ3) is 5.41. The predicted octanol–water partition coefficient (Wildman–Crippen LogP) is 12.7. The highest BCUT2D eigenvalue weighted by molar-refractivity contribution is 6.27. The molecule has 280 valence electrons. The molecule has 0 aliphatic rings. The highest BCUT2D eigenvalue weighted by Crippen LogP contribution is 2.43. The minimum absolute atomic E-state index is 0.559. The third-order valence-corrected chi connectivity index (χ3v) is 11.4. The smallest absolute Gasteiger partial charge is 0.238 e. The van der Waals surface area contributed by atoms with E-state index in [1.165, 1.54) is 0 Å². The molecule has 0 N–H and O–H groups in total. The number of aromatic nitrogens is 7. The Kier molecular flexibility index (Phi) is 7.71. The summed E-state index contributed by atoms with van der Waals surface area (Å²) < 4.78 is 4.42. The fourth-order valence-electron chi connectivity index (χ4n) is 8.71. The average molecular weight is 768 g/mol. The molecular formula is C53H33N7. The van der Waals surface area contributed by atoms with E-state index >= 15 is 0 Å². The lowest BCUT2D eigenvalue weighted by Gasteiger charge is -2.14. The van der Waals surface area contributed by atoms with Gasteiger partial charge in [0.1, 0.15) is 5.69 Å².